The minimum atomic E-state index is -0.433. The number of hydrogen-bond donors (Lipinski definition) is 1. The van der Waals surface area contributed by atoms with Crippen molar-refractivity contribution in [3.05, 3.63) is 24.5 Å². The maximum atomic E-state index is 9.71. The number of nitrogens with zero attached hydrogens (tertiary/aromatic N) is 1. The molecule has 1 unspecified atom stereocenters. The van der Waals surface area contributed by atoms with Crippen LogP contribution in [-0.2, 0) is 0 Å². The lowest BCUT2D eigenvalue weighted by atomic mass is 9.94. The summed E-state index contributed by atoms with van der Waals surface area (Å²) in [5, 5.41) is 9.71. The van der Waals surface area contributed by atoms with Gasteiger partial charge in [-0.1, -0.05) is 20.8 Å². The van der Waals surface area contributed by atoms with Gasteiger partial charge in [0.1, 0.15) is 6.23 Å². The Labute approximate surface area is 67.5 Å². The lowest BCUT2D eigenvalue weighted by Gasteiger charge is -2.26. The van der Waals surface area contributed by atoms with Gasteiger partial charge in [-0.25, -0.2) is 0 Å². The molecule has 2 nitrogen and oxygen atoms in total. The molecule has 1 aromatic rings. The van der Waals surface area contributed by atoms with Gasteiger partial charge >= 0.3 is 0 Å². The predicted molar refractivity (Wildman–Crippen MR) is 45.1 cm³/mol. The smallest absolute Gasteiger partial charge is 0.135 e. The molecule has 11 heavy (non-hydrogen) atoms. The predicted octanol–water partition coefficient (Wildman–Crippen LogP) is 2.03. The zero-order valence-corrected chi connectivity index (χ0v) is 7.28. The second-order valence-electron chi connectivity index (χ2n) is 3.87. The van der Waals surface area contributed by atoms with E-state index in [0.29, 0.717) is 0 Å². The first-order valence-electron chi connectivity index (χ1n) is 3.82. The highest BCUT2D eigenvalue weighted by Gasteiger charge is 2.22. The molecule has 1 atom stereocenters. The van der Waals surface area contributed by atoms with Gasteiger partial charge in [-0.3, -0.25) is 0 Å². The molecule has 0 saturated carbocycles. The van der Waals surface area contributed by atoms with E-state index in [4.69, 9.17) is 0 Å². The van der Waals surface area contributed by atoms with E-state index in [9.17, 15) is 5.11 Å². The molecule has 1 aromatic heterocycles. The van der Waals surface area contributed by atoms with E-state index in [0.717, 1.165) is 0 Å². The van der Waals surface area contributed by atoms with Crippen LogP contribution < -0.4 is 0 Å². The average Bonchev–Trinajstić information content (AvgIpc) is 2.34. The maximum Gasteiger partial charge on any atom is 0.135 e. The van der Waals surface area contributed by atoms with Gasteiger partial charge in [-0.15, -0.1) is 0 Å². The molecule has 62 valence electrons. The summed E-state index contributed by atoms with van der Waals surface area (Å²) in [6.07, 6.45) is 3.31. The van der Waals surface area contributed by atoms with Crippen LogP contribution in [0.4, 0.5) is 0 Å². The number of rotatable bonds is 1. The zero-order valence-electron chi connectivity index (χ0n) is 7.28. The third-order valence-corrected chi connectivity index (χ3v) is 1.68. The summed E-state index contributed by atoms with van der Waals surface area (Å²) in [7, 11) is 0. The fourth-order valence-corrected chi connectivity index (χ4v) is 0.958. The lowest BCUT2D eigenvalue weighted by molar-refractivity contribution is 0.000242. The van der Waals surface area contributed by atoms with Crippen LogP contribution in [0.25, 0.3) is 0 Å². The van der Waals surface area contributed by atoms with Crippen molar-refractivity contribution in [1.29, 1.82) is 0 Å². The second-order valence-corrected chi connectivity index (χ2v) is 3.87. The van der Waals surface area contributed by atoms with Gasteiger partial charge in [0.2, 0.25) is 0 Å². The highest BCUT2D eigenvalue weighted by Crippen LogP contribution is 2.27. The highest BCUT2D eigenvalue weighted by atomic mass is 16.3. The molecule has 0 aromatic carbocycles. The summed E-state index contributed by atoms with van der Waals surface area (Å²) < 4.78 is 1.81. The van der Waals surface area contributed by atoms with Gasteiger partial charge in [0.05, 0.1) is 0 Å². The van der Waals surface area contributed by atoms with Crippen LogP contribution in [0.5, 0.6) is 0 Å². The van der Waals surface area contributed by atoms with Crippen molar-refractivity contribution < 1.29 is 5.11 Å². The quantitative estimate of drug-likeness (QED) is 0.656. The third-order valence-electron chi connectivity index (χ3n) is 1.68. The number of hydrogen-bond acceptors (Lipinski definition) is 1. The van der Waals surface area contributed by atoms with Gasteiger partial charge in [0, 0.05) is 17.8 Å². The molecule has 1 heterocycles. The monoisotopic (exact) mass is 153 g/mol. The zero-order chi connectivity index (χ0) is 8.48. The molecule has 0 radical (unpaired) electrons. The normalized spacial score (nSPS) is 14.9. The lowest BCUT2D eigenvalue weighted by Crippen LogP contribution is -2.22. The fraction of sp³-hybridized carbons (Fsp3) is 0.556. The Hall–Kier alpha value is -0.760. The minimum absolute atomic E-state index is 0.0982. The van der Waals surface area contributed by atoms with Crippen LogP contribution in [0.15, 0.2) is 24.5 Å². The first kappa shape index (κ1) is 8.34. The van der Waals surface area contributed by atoms with E-state index in [2.05, 4.69) is 0 Å². The van der Waals surface area contributed by atoms with Gasteiger partial charge in [-0.2, -0.15) is 0 Å². The molecule has 0 bridgehead atoms. The Kier molecular flexibility index (Phi) is 2.05. The average molecular weight is 153 g/mol. The SMILES string of the molecule is CC(C)(C)C(O)n1cccc1. The van der Waals surface area contributed by atoms with E-state index < -0.39 is 6.23 Å². The third kappa shape index (κ3) is 1.84. The largest absolute Gasteiger partial charge is 0.373 e. The second kappa shape index (κ2) is 2.70. The number of aliphatic hydroxyl groups is 1. The Balaban J connectivity index is 2.78. The summed E-state index contributed by atoms with van der Waals surface area (Å²) in [5.74, 6) is 0. The van der Waals surface area contributed by atoms with Crippen LogP contribution in [-0.4, -0.2) is 9.67 Å². The molecule has 0 saturated heterocycles. The van der Waals surface area contributed by atoms with Crippen molar-refractivity contribution in [2.24, 2.45) is 5.41 Å². The van der Waals surface area contributed by atoms with Crippen molar-refractivity contribution in [3.8, 4) is 0 Å². The van der Waals surface area contributed by atoms with Gasteiger partial charge in [0.25, 0.3) is 0 Å². The van der Waals surface area contributed by atoms with E-state index in [1.54, 1.807) is 4.57 Å². The molecule has 0 aliphatic carbocycles. The molecular weight excluding hydrogens is 138 g/mol. The molecule has 1 N–H and O–H groups in total. The molecule has 1 rings (SSSR count). The van der Waals surface area contributed by atoms with Gasteiger partial charge in [-0.05, 0) is 12.1 Å². The summed E-state index contributed by atoms with van der Waals surface area (Å²) in [5.41, 5.74) is -0.0982. The molecular formula is C9H15NO. The highest BCUT2D eigenvalue weighted by molar-refractivity contribution is 4.93. The Morgan fingerprint density at radius 3 is 2.00 bits per heavy atom. The molecule has 0 spiro atoms. The Morgan fingerprint density at radius 2 is 1.64 bits per heavy atom. The van der Waals surface area contributed by atoms with Crippen LogP contribution in [0.2, 0.25) is 0 Å². The summed E-state index contributed by atoms with van der Waals surface area (Å²) >= 11 is 0. The number of aromatic nitrogens is 1. The topological polar surface area (TPSA) is 25.2 Å². The van der Waals surface area contributed by atoms with Crippen molar-refractivity contribution >= 4 is 0 Å². The summed E-state index contributed by atoms with van der Waals surface area (Å²) in [6, 6.07) is 3.82. The van der Waals surface area contributed by atoms with E-state index in [1.165, 1.54) is 0 Å². The van der Waals surface area contributed by atoms with E-state index in [-0.39, 0.29) is 5.41 Å². The van der Waals surface area contributed by atoms with Crippen molar-refractivity contribution in [3.63, 3.8) is 0 Å². The van der Waals surface area contributed by atoms with Crippen LogP contribution in [0.3, 0.4) is 0 Å². The first-order chi connectivity index (χ1) is 5.02. The molecule has 0 aliphatic heterocycles. The van der Waals surface area contributed by atoms with Gasteiger partial charge in [0.15, 0.2) is 0 Å². The van der Waals surface area contributed by atoms with Crippen LogP contribution in [0, 0.1) is 5.41 Å². The first-order valence-corrected chi connectivity index (χ1v) is 3.82. The number of aliphatic hydroxyl groups excluding tert-OH is 1. The Bertz CT molecular complexity index is 208. The standard InChI is InChI=1S/C9H15NO/c1-9(2,3)8(11)10-6-4-5-7-10/h4-8,11H,1-3H3. The van der Waals surface area contributed by atoms with Crippen molar-refractivity contribution in [2.75, 3.05) is 0 Å². The molecule has 2 heteroatoms. The molecule has 0 aliphatic rings. The molecule has 0 fully saturated rings. The van der Waals surface area contributed by atoms with Gasteiger partial charge < -0.3 is 9.67 Å². The van der Waals surface area contributed by atoms with Crippen molar-refractivity contribution in [1.82, 2.24) is 4.57 Å². The van der Waals surface area contributed by atoms with Crippen molar-refractivity contribution in [2.45, 2.75) is 27.0 Å². The van der Waals surface area contributed by atoms with Crippen LogP contribution >= 0.6 is 0 Å². The van der Waals surface area contributed by atoms with Crippen LogP contribution in [0.1, 0.15) is 27.0 Å². The summed E-state index contributed by atoms with van der Waals surface area (Å²) in [6.45, 7) is 6.03. The minimum Gasteiger partial charge on any atom is -0.373 e. The van der Waals surface area contributed by atoms with E-state index in [1.807, 2.05) is 45.3 Å². The fourth-order valence-electron chi connectivity index (χ4n) is 0.958. The van der Waals surface area contributed by atoms with E-state index >= 15 is 0 Å². The maximum absolute atomic E-state index is 9.71. The molecule has 0 amide bonds. The summed E-state index contributed by atoms with van der Waals surface area (Å²) in [4.78, 5) is 0. The Morgan fingerprint density at radius 1 is 1.18 bits per heavy atom.